The van der Waals surface area contributed by atoms with Gasteiger partial charge in [0.05, 0.1) is 19.1 Å². The van der Waals surface area contributed by atoms with Gasteiger partial charge in [-0.3, -0.25) is 9.63 Å². The fourth-order valence-corrected chi connectivity index (χ4v) is 2.14. The average molecular weight is 299 g/mol. The second-order valence-electron chi connectivity index (χ2n) is 5.14. The van der Waals surface area contributed by atoms with Crippen molar-refractivity contribution in [2.75, 3.05) is 6.61 Å². The Morgan fingerprint density at radius 3 is 2.18 bits per heavy atom. The molecule has 0 unspecified atom stereocenters. The second kappa shape index (κ2) is 8.97. The minimum atomic E-state index is -0.462. The van der Waals surface area contributed by atoms with Crippen molar-refractivity contribution in [2.24, 2.45) is 5.92 Å². The van der Waals surface area contributed by atoms with Crippen LogP contribution < -0.4 is 5.48 Å². The van der Waals surface area contributed by atoms with E-state index in [0.29, 0.717) is 13.0 Å². The largest absolute Gasteiger partial charge is 0.396 e. The monoisotopic (exact) mass is 299 g/mol. The van der Waals surface area contributed by atoms with Crippen LogP contribution in [0.4, 0.5) is 0 Å². The minimum absolute atomic E-state index is 0.187. The summed E-state index contributed by atoms with van der Waals surface area (Å²) in [4.78, 5) is 17.2. The SMILES string of the molecule is O=C(NOCc1ccccc1)[C@@H](CO)CCc1ccccc1. The molecule has 0 aliphatic heterocycles. The molecular weight excluding hydrogens is 278 g/mol. The molecule has 0 aliphatic carbocycles. The number of nitrogens with one attached hydrogen (secondary N) is 1. The van der Waals surface area contributed by atoms with Gasteiger partial charge < -0.3 is 5.11 Å². The summed E-state index contributed by atoms with van der Waals surface area (Å²) in [6.45, 7) is 0.122. The highest BCUT2D eigenvalue weighted by Crippen LogP contribution is 2.10. The highest BCUT2D eigenvalue weighted by Gasteiger charge is 2.17. The Labute approximate surface area is 130 Å². The second-order valence-corrected chi connectivity index (χ2v) is 5.14. The van der Waals surface area contributed by atoms with Gasteiger partial charge in [-0.25, -0.2) is 5.48 Å². The van der Waals surface area contributed by atoms with Crippen LogP contribution in [0.3, 0.4) is 0 Å². The third-order valence-electron chi connectivity index (χ3n) is 3.47. The molecule has 116 valence electrons. The summed E-state index contributed by atoms with van der Waals surface area (Å²) in [5, 5.41) is 9.37. The van der Waals surface area contributed by atoms with Gasteiger partial charge in [0.25, 0.3) is 0 Å². The first-order valence-electron chi connectivity index (χ1n) is 7.40. The molecule has 0 saturated heterocycles. The molecule has 0 saturated carbocycles. The first-order chi connectivity index (χ1) is 10.8. The van der Waals surface area contributed by atoms with E-state index in [0.717, 1.165) is 17.5 Å². The number of aliphatic hydroxyl groups excluding tert-OH is 1. The molecule has 4 heteroatoms. The number of rotatable bonds is 8. The fourth-order valence-electron chi connectivity index (χ4n) is 2.14. The summed E-state index contributed by atoms with van der Waals surface area (Å²) in [5.41, 5.74) is 4.55. The van der Waals surface area contributed by atoms with E-state index < -0.39 is 5.92 Å². The summed E-state index contributed by atoms with van der Waals surface area (Å²) in [7, 11) is 0. The Kier molecular flexibility index (Phi) is 6.61. The Balaban J connectivity index is 1.74. The minimum Gasteiger partial charge on any atom is -0.396 e. The topological polar surface area (TPSA) is 58.6 Å². The molecule has 0 heterocycles. The number of hydrogen-bond acceptors (Lipinski definition) is 3. The van der Waals surface area contributed by atoms with Gasteiger partial charge in [-0.1, -0.05) is 60.7 Å². The Hall–Kier alpha value is -2.17. The van der Waals surface area contributed by atoms with Gasteiger partial charge in [0.15, 0.2) is 0 Å². The van der Waals surface area contributed by atoms with Crippen LogP contribution in [-0.4, -0.2) is 17.6 Å². The summed E-state index contributed by atoms with van der Waals surface area (Å²) in [6, 6.07) is 19.5. The number of benzene rings is 2. The summed E-state index contributed by atoms with van der Waals surface area (Å²) < 4.78 is 0. The van der Waals surface area contributed by atoms with Gasteiger partial charge in [0.1, 0.15) is 0 Å². The van der Waals surface area contributed by atoms with Gasteiger partial charge in [0.2, 0.25) is 5.91 Å². The molecule has 0 radical (unpaired) electrons. The molecule has 4 nitrogen and oxygen atoms in total. The third kappa shape index (κ3) is 5.31. The lowest BCUT2D eigenvalue weighted by Crippen LogP contribution is -2.33. The van der Waals surface area contributed by atoms with Crippen LogP contribution in [-0.2, 0) is 22.7 Å². The van der Waals surface area contributed by atoms with Crippen molar-refractivity contribution in [1.29, 1.82) is 0 Å². The lowest BCUT2D eigenvalue weighted by Gasteiger charge is -2.14. The fraction of sp³-hybridized carbons (Fsp3) is 0.278. The highest BCUT2D eigenvalue weighted by atomic mass is 16.6. The van der Waals surface area contributed by atoms with E-state index in [-0.39, 0.29) is 12.5 Å². The molecule has 0 aliphatic rings. The van der Waals surface area contributed by atoms with Crippen molar-refractivity contribution in [3.63, 3.8) is 0 Å². The summed E-state index contributed by atoms with van der Waals surface area (Å²) in [5.74, 6) is -0.745. The Morgan fingerprint density at radius 1 is 1.00 bits per heavy atom. The van der Waals surface area contributed by atoms with E-state index in [1.807, 2.05) is 60.7 Å². The molecule has 2 rings (SSSR count). The lowest BCUT2D eigenvalue weighted by molar-refractivity contribution is -0.140. The summed E-state index contributed by atoms with van der Waals surface area (Å²) in [6.07, 6.45) is 1.33. The van der Waals surface area contributed by atoms with Gasteiger partial charge in [0, 0.05) is 0 Å². The normalized spacial score (nSPS) is 11.9. The van der Waals surface area contributed by atoms with Crippen molar-refractivity contribution < 1.29 is 14.7 Å². The Morgan fingerprint density at radius 2 is 1.59 bits per heavy atom. The number of aryl methyl sites for hydroxylation is 1. The molecule has 1 amide bonds. The van der Waals surface area contributed by atoms with Crippen LogP contribution in [0.2, 0.25) is 0 Å². The van der Waals surface area contributed by atoms with Crippen LogP contribution in [0, 0.1) is 5.92 Å². The number of hydroxylamine groups is 1. The summed E-state index contributed by atoms with van der Waals surface area (Å²) >= 11 is 0. The van der Waals surface area contributed by atoms with Crippen molar-refractivity contribution in [1.82, 2.24) is 5.48 Å². The average Bonchev–Trinajstić information content (AvgIpc) is 2.57. The number of amides is 1. The van der Waals surface area contributed by atoms with Crippen LogP contribution in [0.15, 0.2) is 60.7 Å². The molecule has 2 aromatic carbocycles. The van der Waals surface area contributed by atoms with Gasteiger partial charge in [-0.05, 0) is 24.0 Å². The number of carbonyl (C=O) groups excluding carboxylic acids is 1. The zero-order valence-electron chi connectivity index (χ0n) is 12.4. The quantitative estimate of drug-likeness (QED) is 0.736. The smallest absolute Gasteiger partial charge is 0.248 e. The van der Waals surface area contributed by atoms with Crippen molar-refractivity contribution in [2.45, 2.75) is 19.4 Å². The van der Waals surface area contributed by atoms with E-state index in [1.165, 1.54) is 0 Å². The van der Waals surface area contributed by atoms with Crippen LogP contribution in [0.25, 0.3) is 0 Å². The number of carbonyl (C=O) groups is 1. The lowest BCUT2D eigenvalue weighted by atomic mass is 10.00. The Bertz CT molecular complexity index is 557. The van der Waals surface area contributed by atoms with E-state index in [9.17, 15) is 9.90 Å². The molecule has 0 aromatic heterocycles. The third-order valence-corrected chi connectivity index (χ3v) is 3.47. The van der Waals surface area contributed by atoms with Crippen LogP contribution in [0.1, 0.15) is 17.5 Å². The van der Waals surface area contributed by atoms with Crippen molar-refractivity contribution in [3.8, 4) is 0 Å². The standard InChI is InChI=1S/C18H21NO3/c20-13-17(12-11-15-7-3-1-4-8-15)18(21)19-22-14-16-9-5-2-6-10-16/h1-10,17,20H,11-14H2,(H,19,21)/t17-/m1/s1. The van der Waals surface area contributed by atoms with E-state index in [2.05, 4.69) is 5.48 Å². The van der Waals surface area contributed by atoms with Gasteiger partial charge in [-0.2, -0.15) is 0 Å². The van der Waals surface area contributed by atoms with Crippen molar-refractivity contribution in [3.05, 3.63) is 71.8 Å². The molecule has 2 aromatic rings. The zero-order chi connectivity index (χ0) is 15.6. The predicted molar refractivity (Wildman–Crippen MR) is 84.7 cm³/mol. The molecule has 22 heavy (non-hydrogen) atoms. The van der Waals surface area contributed by atoms with E-state index in [4.69, 9.17) is 4.84 Å². The molecule has 0 bridgehead atoms. The highest BCUT2D eigenvalue weighted by molar-refractivity contribution is 5.77. The molecule has 0 spiro atoms. The molecule has 2 N–H and O–H groups in total. The predicted octanol–water partition coefficient (Wildman–Crippen LogP) is 2.48. The maximum Gasteiger partial charge on any atom is 0.248 e. The zero-order valence-corrected chi connectivity index (χ0v) is 12.4. The van der Waals surface area contributed by atoms with Crippen LogP contribution in [0.5, 0.6) is 0 Å². The molecule has 0 fully saturated rings. The maximum atomic E-state index is 12.0. The number of aliphatic hydroxyl groups is 1. The van der Waals surface area contributed by atoms with Crippen LogP contribution >= 0.6 is 0 Å². The molecule has 1 atom stereocenters. The van der Waals surface area contributed by atoms with E-state index in [1.54, 1.807) is 0 Å². The molecular formula is C18H21NO3. The first-order valence-corrected chi connectivity index (χ1v) is 7.40. The number of hydrogen-bond donors (Lipinski definition) is 2. The maximum absolute atomic E-state index is 12.0. The van der Waals surface area contributed by atoms with Gasteiger partial charge >= 0.3 is 0 Å². The van der Waals surface area contributed by atoms with E-state index >= 15 is 0 Å². The first kappa shape index (κ1) is 16.2. The van der Waals surface area contributed by atoms with Crippen molar-refractivity contribution >= 4 is 5.91 Å². The van der Waals surface area contributed by atoms with Gasteiger partial charge in [-0.15, -0.1) is 0 Å².